The van der Waals surface area contributed by atoms with Gasteiger partial charge in [0.15, 0.2) is 11.1 Å². The van der Waals surface area contributed by atoms with Gasteiger partial charge in [-0.25, -0.2) is 0 Å². The Morgan fingerprint density at radius 3 is 2.26 bits per heavy atom. The number of nitriles is 1. The molecule has 1 aliphatic rings. The van der Waals surface area contributed by atoms with E-state index in [4.69, 9.17) is 9.47 Å². The SMILES string of the molecule is CC(C)(C)OC(=O)[N+]1(C)C=C(CC(C#N)(CC(=O)[O-])C(=O)OCc2ccccc2)c2ccccc21. The molecular weight excluding hydrogens is 448 g/mol. The average Bonchev–Trinajstić information content (AvgIpc) is 3.09. The lowest BCUT2D eigenvalue weighted by Crippen LogP contribution is -2.47. The number of hydrogen-bond donors (Lipinski definition) is 0. The van der Waals surface area contributed by atoms with E-state index in [0.717, 1.165) is 0 Å². The molecule has 1 heterocycles. The van der Waals surface area contributed by atoms with Crippen LogP contribution in [0.5, 0.6) is 0 Å². The van der Waals surface area contributed by atoms with Gasteiger partial charge in [0.05, 0.1) is 13.1 Å². The molecule has 8 heteroatoms. The smallest absolute Gasteiger partial charge is 0.526 e. The largest absolute Gasteiger partial charge is 0.550 e. The van der Waals surface area contributed by atoms with E-state index >= 15 is 0 Å². The van der Waals surface area contributed by atoms with E-state index in [0.29, 0.717) is 22.4 Å². The molecule has 0 saturated heterocycles. The molecular formula is C27H28N2O6. The number of hydrogen-bond acceptors (Lipinski definition) is 7. The van der Waals surface area contributed by atoms with Crippen molar-refractivity contribution < 1.29 is 29.0 Å². The molecule has 0 bridgehead atoms. The first-order chi connectivity index (χ1) is 16.4. The van der Waals surface area contributed by atoms with E-state index in [9.17, 15) is 24.8 Å². The van der Waals surface area contributed by atoms with E-state index < -0.39 is 35.5 Å². The number of esters is 1. The number of benzene rings is 2. The number of carbonyl (C=O) groups excluding carboxylic acids is 3. The quantitative estimate of drug-likeness (QED) is 0.442. The summed E-state index contributed by atoms with van der Waals surface area (Å²) in [5.41, 5.74) is -0.412. The molecule has 0 radical (unpaired) electrons. The van der Waals surface area contributed by atoms with Crippen LogP contribution in [0, 0.1) is 16.7 Å². The minimum atomic E-state index is -2.05. The number of carboxylic acids is 1. The number of rotatable bonds is 7. The first-order valence-electron chi connectivity index (χ1n) is 11.1. The number of aliphatic carboxylic acids is 1. The maximum Gasteiger partial charge on any atom is 0.526 e. The van der Waals surface area contributed by atoms with Gasteiger partial charge in [0.25, 0.3) is 0 Å². The molecule has 0 aliphatic carbocycles. The summed E-state index contributed by atoms with van der Waals surface area (Å²) in [7, 11) is 1.64. The zero-order valence-electron chi connectivity index (χ0n) is 20.2. The topological polar surface area (TPSA) is 117 Å². The van der Waals surface area contributed by atoms with Gasteiger partial charge in [-0.05, 0) is 32.4 Å². The Hall–Kier alpha value is -3.96. The van der Waals surface area contributed by atoms with Gasteiger partial charge in [-0.1, -0.05) is 42.5 Å². The van der Waals surface area contributed by atoms with Crippen molar-refractivity contribution in [3.05, 3.63) is 71.9 Å². The Morgan fingerprint density at radius 2 is 1.66 bits per heavy atom. The van der Waals surface area contributed by atoms with E-state index in [1.807, 2.05) is 12.1 Å². The number of quaternary nitrogens is 1. The second-order valence-electron chi connectivity index (χ2n) is 9.71. The number of ether oxygens (including phenoxy) is 2. The summed E-state index contributed by atoms with van der Waals surface area (Å²) in [5.74, 6) is -2.52. The van der Waals surface area contributed by atoms with Crippen molar-refractivity contribution >= 4 is 29.3 Å². The van der Waals surface area contributed by atoms with E-state index in [1.54, 1.807) is 82.5 Å². The fourth-order valence-electron chi connectivity index (χ4n) is 4.01. The first-order valence-corrected chi connectivity index (χ1v) is 11.1. The van der Waals surface area contributed by atoms with Crippen molar-refractivity contribution in [2.75, 3.05) is 7.05 Å². The van der Waals surface area contributed by atoms with Crippen LogP contribution in [-0.4, -0.2) is 30.7 Å². The molecule has 0 saturated carbocycles. The monoisotopic (exact) mass is 476 g/mol. The molecule has 2 aromatic rings. The van der Waals surface area contributed by atoms with Crippen LogP contribution in [0.15, 0.2) is 60.8 Å². The summed E-state index contributed by atoms with van der Waals surface area (Å²) in [6.45, 7) is 5.16. The highest BCUT2D eigenvalue weighted by Crippen LogP contribution is 2.46. The third-order valence-electron chi connectivity index (χ3n) is 5.69. The molecule has 35 heavy (non-hydrogen) atoms. The second-order valence-corrected chi connectivity index (χ2v) is 9.71. The summed E-state index contributed by atoms with van der Waals surface area (Å²) >= 11 is 0. The van der Waals surface area contributed by atoms with E-state index in [2.05, 4.69) is 0 Å². The molecule has 2 unspecified atom stereocenters. The molecule has 0 fully saturated rings. The highest BCUT2D eigenvalue weighted by molar-refractivity contribution is 5.97. The maximum absolute atomic E-state index is 13.1. The lowest BCUT2D eigenvalue weighted by Gasteiger charge is -2.27. The van der Waals surface area contributed by atoms with Gasteiger partial charge >= 0.3 is 12.1 Å². The van der Waals surface area contributed by atoms with E-state index in [-0.39, 0.29) is 17.5 Å². The summed E-state index contributed by atoms with van der Waals surface area (Å²) in [6.07, 6.45) is -0.0927. The fraction of sp³-hybridized carbons (Fsp3) is 0.333. The summed E-state index contributed by atoms with van der Waals surface area (Å²) in [5, 5.41) is 21.6. The molecule has 1 aliphatic heterocycles. The predicted octanol–water partition coefficient (Wildman–Crippen LogP) is 3.70. The predicted molar refractivity (Wildman–Crippen MR) is 127 cm³/mol. The van der Waals surface area contributed by atoms with Crippen molar-refractivity contribution in [2.45, 2.75) is 45.8 Å². The van der Waals surface area contributed by atoms with Gasteiger partial charge in [-0.15, -0.1) is 0 Å². The van der Waals surface area contributed by atoms with Crippen LogP contribution < -0.4 is 9.59 Å². The third-order valence-corrected chi connectivity index (χ3v) is 5.69. The highest BCUT2D eigenvalue weighted by Gasteiger charge is 2.49. The number of fused-ring (bicyclic) bond motifs is 1. The van der Waals surface area contributed by atoms with Crippen LogP contribution >= 0.6 is 0 Å². The molecule has 2 atom stereocenters. The molecule has 2 aromatic carbocycles. The van der Waals surface area contributed by atoms with Crippen molar-refractivity contribution in [3.8, 4) is 6.07 Å². The van der Waals surface area contributed by atoms with Crippen LogP contribution in [0.3, 0.4) is 0 Å². The molecule has 0 spiro atoms. The number of carboxylic acid groups (broad SMARTS) is 1. The lowest BCUT2D eigenvalue weighted by atomic mass is 9.78. The van der Waals surface area contributed by atoms with Gasteiger partial charge in [-0.2, -0.15) is 14.5 Å². The Balaban J connectivity index is 1.98. The van der Waals surface area contributed by atoms with Gasteiger partial charge in [0.2, 0.25) is 0 Å². The average molecular weight is 477 g/mol. The van der Waals surface area contributed by atoms with Crippen LogP contribution in [-0.2, 0) is 25.7 Å². The molecule has 1 amide bonds. The Labute approximate surface area is 204 Å². The number of amides is 1. The molecule has 8 nitrogen and oxygen atoms in total. The molecule has 0 N–H and O–H groups in total. The minimum absolute atomic E-state index is 0.114. The zero-order chi connectivity index (χ0) is 25.9. The molecule has 0 aromatic heterocycles. The number of para-hydroxylation sites is 1. The van der Waals surface area contributed by atoms with Gasteiger partial charge in [0, 0.05) is 36.0 Å². The minimum Gasteiger partial charge on any atom is -0.550 e. The van der Waals surface area contributed by atoms with E-state index in [1.165, 1.54) is 0 Å². The van der Waals surface area contributed by atoms with Crippen molar-refractivity contribution in [2.24, 2.45) is 5.41 Å². The van der Waals surface area contributed by atoms with Gasteiger partial charge in [0.1, 0.15) is 18.4 Å². The molecule has 182 valence electrons. The summed E-state index contributed by atoms with van der Waals surface area (Å²) in [4.78, 5) is 37.9. The van der Waals surface area contributed by atoms with Crippen LogP contribution in [0.4, 0.5) is 10.5 Å². The molecule has 3 rings (SSSR count). The number of carbonyl (C=O) groups is 3. The maximum atomic E-state index is 13.1. The van der Waals surface area contributed by atoms with Crippen molar-refractivity contribution in [1.82, 2.24) is 4.48 Å². The first kappa shape index (κ1) is 25.7. The third kappa shape index (κ3) is 5.58. The number of allylic oxidation sites excluding steroid dienone is 1. The van der Waals surface area contributed by atoms with Crippen molar-refractivity contribution in [1.29, 1.82) is 5.26 Å². The Bertz CT molecular complexity index is 1210. The van der Waals surface area contributed by atoms with Gasteiger partial charge < -0.3 is 19.4 Å². The fourth-order valence-corrected chi connectivity index (χ4v) is 4.01. The Kier molecular flexibility index (Phi) is 7.13. The van der Waals surface area contributed by atoms with Crippen LogP contribution in [0.25, 0.3) is 5.57 Å². The summed E-state index contributed by atoms with van der Waals surface area (Å²) in [6, 6.07) is 17.8. The normalized spacial score (nSPS) is 18.4. The summed E-state index contributed by atoms with van der Waals surface area (Å²) < 4.78 is 10.6. The van der Waals surface area contributed by atoms with Crippen LogP contribution in [0.2, 0.25) is 0 Å². The lowest BCUT2D eigenvalue weighted by molar-refractivity contribution is -0.307. The zero-order valence-corrected chi connectivity index (χ0v) is 20.2. The Morgan fingerprint density at radius 1 is 1.03 bits per heavy atom. The van der Waals surface area contributed by atoms with Gasteiger partial charge in [-0.3, -0.25) is 4.79 Å². The number of nitrogens with zero attached hydrogens (tertiary/aromatic N) is 2. The standard InChI is InChI=1S/C27H28N2O6/c1-26(2,3)35-25(33)29(4)16-20(21-12-8-9-13-22(21)29)14-27(18-28,15-23(30)31)24(32)34-17-19-10-6-5-7-11-19/h5-13,16H,14-15,17H2,1-4H3. The van der Waals surface area contributed by atoms with Crippen molar-refractivity contribution in [3.63, 3.8) is 0 Å². The highest BCUT2D eigenvalue weighted by atomic mass is 16.6. The van der Waals surface area contributed by atoms with Crippen LogP contribution in [0.1, 0.15) is 44.7 Å². The second kappa shape index (κ2) is 9.72.